The van der Waals surface area contributed by atoms with Crippen LogP contribution >= 0.6 is 0 Å². The summed E-state index contributed by atoms with van der Waals surface area (Å²) in [6, 6.07) is -1.10. The zero-order chi connectivity index (χ0) is 11.5. The summed E-state index contributed by atoms with van der Waals surface area (Å²) >= 11 is 0. The minimum Gasteiger partial charge on any atom is -0.480 e. The number of carbonyl (C=O) groups excluding carboxylic acids is 1. The quantitative estimate of drug-likeness (QED) is 0.456. The van der Waals surface area contributed by atoms with Crippen LogP contribution < -0.4 is 5.32 Å². The molecule has 0 aromatic carbocycles. The molecule has 1 amide bonds. The van der Waals surface area contributed by atoms with E-state index in [0.29, 0.717) is 0 Å². The Balaban J connectivity index is 4.29. The number of aliphatic carboxylic acids is 1. The first-order valence-electron chi connectivity index (χ1n) is 4.10. The molecule has 0 aromatic heterocycles. The van der Waals surface area contributed by atoms with Crippen molar-refractivity contribution in [2.75, 3.05) is 0 Å². The van der Waals surface area contributed by atoms with Crippen LogP contribution in [-0.4, -0.2) is 44.9 Å². The van der Waals surface area contributed by atoms with Gasteiger partial charge in [-0.15, -0.1) is 0 Å². The van der Waals surface area contributed by atoms with Crippen molar-refractivity contribution in [3.8, 4) is 0 Å². The maximum absolute atomic E-state index is 11.1. The summed E-state index contributed by atoms with van der Waals surface area (Å²) in [5, 5.41) is 29.0. The van der Waals surface area contributed by atoms with E-state index in [0.717, 1.165) is 0 Å². The molecule has 0 fully saturated rings. The zero-order valence-electron chi connectivity index (χ0n) is 8.31. The van der Waals surface area contributed by atoms with Crippen LogP contribution in [0.4, 0.5) is 0 Å². The molecular weight excluding hydrogens is 190 g/mol. The third-order valence-electron chi connectivity index (χ3n) is 1.65. The fraction of sp³-hybridized carbons (Fsp3) is 0.750. The van der Waals surface area contributed by atoms with Crippen LogP contribution in [0.5, 0.6) is 0 Å². The van der Waals surface area contributed by atoms with Gasteiger partial charge < -0.3 is 20.6 Å². The lowest BCUT2D eigenvalue weighted by atomic mass is 10.0. The maximum Gasteiger partial charge on any atom is 0.325 e. The molecule has 0 aliphatic carbocycles. The molecule has 0 heterocycles. The predicted molar refractivity (Wildman–Crippen MR) is 47.5 cm³/mol. The first-order valence-corrected chi connectivity index (χ1v) is 4.10. The van der Waals surface area contributed by atoms with Gasteiger partial charge in [0.25, 0.3) is 5.91 Å². The van der Waals surface area contributed by atoms with Crippen LogP contribution in [0.15, 0.2) is 0 Å². The van der Waals surface area contributed by atoms with Crippen LogP contribution in [0.1, 0.15) is 20.8 Å². The minimum atomic E-state index is -1.65. The molecule has 0 rings (SSSR count). The van der Waals surface area contributed by atoms with Crippen molar-refractivity contribution in [1.29, 1.82) is 0 Å². The van der Waals surface area contributed by atoms with Gasteiger partial charge in [-0.05, 0) is 20.8 Å². The summed E-state index contributed by atoms with van der Waals surface area (Å²) in [6.45, 7) is 3.77. The Bertz CT molecular complexity index is 232. The lowest BCUT2D eigenvalue weighted by molar-refractivity contribution is -0.148. The van der Waals surface area contributed by atoms with E-state index >= 15 is 0 Å². The van der Waals surface area contributed by atoms with Gasteiger partial charge in [-0.25, -0.2) is 0 Å². The van der Waals surface area contributed by atoms with Crippen LogP contribution in [0.25, 0.3) is 0 Å². The summed E-state index contributed by atoms with van der Waals surface area (Å²) in [7, 11) is 0. The standard InChI is InChI=1S/C8H15NO5/c1-4(7(12)13)9-6(11)5(10)8(2,3)14/h4-5,10,14H,1-3H3,(H,9,11)(H,12,13). The molecule has 82 valence electrons. The Labute approximate surface area is 81.5 Å². The van der Waals surface area contributed by atoms with Crippen molar-refractivity contribution in [2.45, 2.75) is 38.5 Å². The van der Waals surface area contributed by atoms with Crippen LogP contribution in [0.3, 0.4) is 0 Å². The van der Waals surface area contributed by atoms with E-state index < -0.39 is 29.6 Å². The Morgan fingerprint density at radius 1 is 1.36 bits per heavy atom. The van der Waals surface area contributed by atoms with E-state index in [-0.39, 0.29) is 0 Å². The van der Waals surface area contributed by atoms with Crippen LogP contribution in [0, 0.1) is 0 Å². The van der Waals surface area contributed by atoms with Crippen molar-refractivity contribution in [2.24, 2.45) is 0 Å². The maximum atomic E-state index is 11.1. The van der Waals surface area contributed by atoms with E-state index in [1.54, 1.807) is 0 Å². The number of hydrogen-bond acceptors (Lipinski definition) is 4. The molecule has 0 saturated heterocycles. The first kappa shape index (κ1) is 12.9. The van der Waals surface area contributed by atoms with Gasteiger partial charge in [0.1, 0.15) is 6.04 Å². The Kier molecular flexibility index (Phi) is 4.03. The van der Waals surface area contributed by atoms with Gasteiger partial charge >= 0.3 is 5.97 Å². The number of carboxylic acid groups (broad SMARTS) is 1. The smallest absolute Gasteiger partial charge is 0.325 e. The second kappa shape index (κ2) is 4.39. The number of aliphatic hydroxyl groups is 2. The van der Waals surface area contributed by atoms with Crippen LogP contribution in [-0.2, 0) is 9.59 Å². The van der Waals surface area contributed by atoms with E-state index in [9.17, 15) is 19.8 Å². The van der Waals surface area contributed by atoms with Crippen LogP contribution in [0.2, 0.25) is 0 Å². The first-order chi connectivity index (χ1) is 6.16. The second-order valence-electron chi connectivity index (χ2n) is 3.62. The lowest BCUT2D eigenvalue weighted by Crippen LogP contribution is -2.51. The SMILES string of the molecule is CC(NC(=O)C(O)C(C)(C)O)C(=O)O. The summed E-state index contributed by atoms with van der Waals surface area (Å²) in [5.74, 6) is -2.12. The van der Waals surface area contributed by atoms with Crippen molar-refractivity contribution < 1.29 is 24.9 Å². The summed E-state index contributed by atoms with van der Waals surface area (Å²) in [4.78, 5) is 21.5. The molecule has 14 heavy (non-hydrogen) atoms. The molecule has 0 saturated carbocycles. The second-order valence-corrected chi connectivity index (χ2v) is 3.62. The molecule has 0 bridgehead atoms. The molecule has 2 atom stereocenters. The molecule has 6 heteroatoms. The highest BCUT2D eigenvalue weighted by atomic mass is 16.4. The fourth-order valence-corrected chi connectivity index (χ4v) is 0.675. The van der Waals surface area contributed by atoms with E-state index in [1.807, 2.05) is 5.32 Å². The number of nitrogens with one attached hydrogen (secondary N) is 1. The molecule has 0 aliphatic heterocycles. The number of hydrogen-bond donors (Lipinski definition) is 4. The molecule has 0 aliphatic rings. The summed E-state index contributed by atoms with van der Waals surface area (Å²) in [5.41, 5.74) is -1.59. The lowest BCUT2D eigenvalue weighted by Gasteiger charge is -2.24. The highest BCUT2D eigenvalue weighted by Gasteiger charge is 2.32. The molecule has 2 unspecified atom stereocenters. The van der Waals surface area contributed by atoms with Crippen molar-refractivity contribution in [1.82, 2.24) is 5.32 Å². The number of rotatable bonds is 4. The van der Waals surface area contributed by atoms with E-state index in [4.69, 9.17) is 5.11 Å². The highest BCUT2D eigenvalue weighted by molar-refractivity contribution is 5.86. The van der Waals surface area contributed by atoms with E-state index in [1.165, 1.54) is 20.8 Å². The summed E-state index contributed by atoms with van der Waals surface area (Å²) in [6.07, 6.45) is -1.65. The van der Waals surface area contributed by atoms with Gasteiger partial charge in [0, 0.05) is 0 Å². The van der Waals surface area contributed by atoms with E-state index in [2.05, 4.69) is 0 Å². The van der Waals surface area contributed by atoms with Crippen molar-refractivity contribution >= 4 is 11.9 Å². The fourth-order valence-electron chi connectivity index (χ4n) is 0.675. The predicted octanol–water partition coefficient (Wildman–Crippen LogP) is -1.29. The van der Waals surface area contributed by atoms with Gasteiger partial charge in [0.2, 0.25) is 0 Å². The molecule has 0 aromatic rings. The number of carboxylic acids is 1. The zero-order valence-corrected chi connectivity index (χ0v) is 8.31. The Hall–Kier alpha value is -1.14. The average molecular weight is 205 g/mol. The number of carbonyl (C=O) groups is 2. The third kappa shape index (κ3) is 3.71. The Morgan fingerprint density at radius 3 is 2.07 bits per heavy atom. The van der Waals surface area contributed by atoms with Gasteiger partial charge in [-0.1, -0.05) is 0 Å². The molecule has 4 N–H and O–H groups in total. The molecule has 0 radical (unpaired) electrons. The van der Waals surface area contributed by atoms with Gasteiger partial charge in [-0.2, -0.15) is 0 Å². The van der Waals surface area contributed by atoms with Gasteiger partial charge in [0.15, 0.2) is 6.10 Å². The summed E-state index contributed by atoms with van der Waals surface area (Å²) < 4.78 is 0. The third-order valence-corrected chi connectivity index (χ3v) is 1.65. The largest absolute Gasteiger partial charge is 0.480 e. The minimum absolute atomic E-state index is 0.910. The van der Waals surface area contributed by atoms with Gasteiger partial charge in [-0.3, -0.25) is 9.59 Å². The normalized spacial score (nSPS) is 15.8. The number of aliphatic hydroxyl groups excluding tert-OH is 1. The molecular formula is C8H15NO5. The molecule has 0 spiro atoms. The number of amides is 1. The van der Waals surface area contributed by atoms with Gasteiger partial charge in [0.05, 0.1) is 5.60 Å². The van der Waals surface area contributed by atoms with Crippen molar-refractivity contribution in [3.05, 3.63) is 0 Å². The van der Waals surface area contributed by atoms with Crippen molar-refractivity contribution in [3.63, 3.8) is 0 Å². The highest BCUT2D eigenvalue weighted by Crippen LogP contribution is 2.08. The average Bonchev–Trinajstić information content (AvgIpc) is 2.00. The Morgan fingerprint density at radius 2 is 1.79 bits per heavy atom. The topological polar surface area (TPSA) is 107 Å². The monoisotopic (exact) mass is 205 g/mol. The molecule has 6 nitrogen and oxygen atoms in total.